The van der Waals surface area contributed by atoms with E-state index in [4.69, 9.17) is 11.6 Å². The number of nitrogens with zero attached hydrogens (tertiary/aromatic N) is 1. The van der Waals surface area contributed by atoms with Gasteiger partial charge in [0, 0.05) is 18.0 Å². The Kier molecular flexibility index (Phi) is 4.07. The summed E-state index contributed by atoms with van der Waals surface area (Å²) in [5.41, 5.74) is 0.783. The molecule has 1 aromatic rings. The number of rotatable bonds is 4. The summed E-state index contributed by atoms with van der Waals surface area (Å²) in [6.07, 6.45) is -0.588. The molecular weight excluding hydrogens is 270 g/mol. The van der Waals surface area contributed by atoms with Crippen molar-refractivity contribution in [3.63, 3.8) is 0 Å². The van der Waals surface area contributed by atoms with Crippen LogP contribution in [0, 0.1) is 0 Å². The third-order valence-corrected chi connectivity index (χ3v) is 3.39. The summed E-state index contributed by atoms with van der Waals surface area (Å²) >= 11 is 5.77. The number of hydrogen-bond acceptors (Lipinski definition) is 3. The van der Waals surface area contributed by atoms with Crippen LogP contribution in [0.3, 0.4) is 0 Å². The molecule has 2 unspecified atom stereocenters. The quantitative estimate of drug-likeness (QED) is 0.862. The van der Waals surface area contributed by atoms with Crippen molar-refractivity contribution in [2.45, 2.75) is 25.0 Å². The summed E-state index contributed by atoms with van der Waals surface area (Å²) in [6.45, 7) is 0.0728. The summed E-state index contributed by atoms with van der Waals surface area (Å²) in [6, 6.07) is 5.86. The Morgan fingerprint density at radius 1 is 1.42 bits per heavy atom. The van der Waals surface area contributed by atoms with Gasteiger partial charge in [-0.25, -0.2) is 4.79 Å². The first-order valence-electron chi connectivity index (χ1n) is 5.92. The zero-order valence-electron chi connectivity index (χ0n) is 10.1. The number of likely N-dealkylation sites (tertiary alicyclic amines) is 1. The predicted octanol–water partition coefficient (Wildman–Crippen LogP) is 0.929. The number of aliphatic hydroxyl groups excluding tert-OH is 1. The van der Waals surface area contributed by atoms with Crippen LogP contribution >= 0.6 is 11.6 Å². The summed E-state index contributed by atoms with van der Waals surface area (Å²) in [5, 5.41) is 19.3. The molecule has 0 saturated carbocycles. The van der Waals surface area contributed by atoms with Gasteiger partial charge >= 0.3 is 5.97 Å². The van der Waals surface area contributed by atoms with Gasteiger partial charge in [0.2, 0.25) is 5.91 Å². The largest absolute Gasteiger partial charge is 0.480 e. The number of amides is 1. The van der Waals surface area contributed by atoms with E-state index in [9.17, 15) is 19.8 Å². The molecule has 0 radical (unpaired) electrons. The number of halogens is 1. The number of aliphatic hydroxyl groups is 1. The molecule has 5 nitrogen and oxygen atoms in total. The van der Waals surface area contributed by atoms with Gasteiger partial charge in [-0.15, -0.1) is 0 Å². The maximum Gasteiger partial charge on any atom is 0.326 e. The average molecular weight is 284 g/mol. The number of aliphatic carboxylic acids is 1. The number of benzene rings is 1. The Morgan fingerprint density at radius 2 is 2.05 bits per heavy atom. The van der Waals surface area contributed by atoms with Crippen LogP contribution in [0.2, 0.25) is 5.02 Å². The Balaban J connectivity index is 2.15. The first kappa shape index (κ1) is 13.8. The van der Waals surface area contributed by atoms with Gasteiger partial charge in [-0.2, -0.15) is 0 Å². The number of β-amino-alcohol motifs (C(OH)–C–C–N with tert-alkyl or cyclic N) is 1. The molecule has 102 valence electrons. The normalized spacial score (nSPS) is 20.6. The van der Waals surface area contributed by atoms with Crippen molar-refractivity contribution in [2.75, 3.05) is 6.54 Å². The molecule has 1 aliphatic rings. The average Bonchev–Trinajstić information content (AvgIpc) is 2.67. The summed E-state index contributed by atoms with van der Waals surface area (Å²) in [4.78, 5) is 24.2. The van der Waals surface area contributed by atoms with E-state index < -0.39 is 18.1 Å². The molecule has 1 aliphatic heterocycles. The molecule has 2 rings (SSSR count). The lowest BCUT2D eigenvalue weighted by Crippen LogP contribution is -2.44. The third-order valence-electron chi connectivity index (χ3n) is 3.14. The van der Waals surface area contributed by atoms with Crippen molar-refractivity contribution in [3.8, 4) is 0 Å². The maximum absolute atomic E-state index is 11.7. The first-order valence-corrected chi connectivity index (χ1v) is 6.30. The van der Waals surface area contributed by atoms with Crippen LogP contribution in [-0.2, 0) is 16.0 Å². The highest BCUT2D eigenvalue weighted by molar-refractivity contribution is 6.30. The van der Waals surface area contributed by atoms with Gasteiger partial charge in [0.25, 0.3) is 0 Å². The minimum absolute atomic E-state index is 0.00953. The van der Waals surface area contributed by atoms with Gasteiger partial charge in [0.05, 0.1) is 12.5 Å². The molecule has 2 N–H and O–H groups in total. The highest BCUT2D eigenvalue weighted by atomic mass is 35.5. The van der Waals surface area contributed by atoms with E-state index in [-0.39, 0.29) is 25.3 Å². The Labute approximate surface area is 115 Å². The minimum atomic E-state index is -1.07. The summed E-state index contributed by atoms with van der Waals surface area (Å²) < 4.78 is 0. The van der Waals surface area contributed by atoms with Crippen LogP contribution in [0.5, 0.6) is 0 Å². The molecule has 0 aromatic heterocycles. The lowest BCUT2D eigenvalue weighted by atomic mass is 10.1. The highest BCUT2D eigenvalue weighted by Gasteiger charge is 2.36. The van der Waals surface area contributed by atoms with E-state index in [0.717, 1.165) is 5.56 Å². The van der Waals surface area contributed by atoms with Crippen LogP contribution in [0.4, 0.5) is 0 Å². The lowest BCUT2D eigenvalue weighted by molar-refractivity contribution is -0.148. The van der Waals surface area contributed by atoms with Crippen molar-refractivity contribution in [3.05, 3.63) is 34.9 Å². The monoisotopic (exact) mass is 283 g/mol. The number of carboxylic acids is 1. The smallest absolute Gasteiger partial charge is 0.326 e. The Morgan fingerprint density at radius 3 is 2.53 bits per heavy atom. The van der Waals surface area contributed by atoms with Gasteiger partial charge in [-0.05, 0) is 17.7 Å². The second-order valence-electron chi connectivity index (χ2n) is 4.59. The molecule has 1 saturated heterocycles. The lowest BCUT2D eigenvalue weighted by Gasteiger charge is -2.24. The fraction of sp³-hybridized carbons (Fsp3) is 0.385. The fourth-order valence-electron chi connectivity index (χ4n) is 2.19. The molecule has 2 atom stereocenters. The predicted molar refractivity (Wildman–Crippen MR) is 68.9 cm³/mol. The molecule has 6 heteroatoms. The number of carboxylic acid groups (broad SMARTS) is 1. The number of carbonyl (C=O) groups excluding carboxylic acids is 1. The second kappa shape index (κ2) is 5.59. The number of hydrogen-bond donors (Lipinski definition) is 2. The van der Waals surface area contributed by atoms with E-state index in [2.05, 4.69) is 0 Å². The molecule has 1 heterocycles. The molecule has 0 bridgehead atoms. The molecule has 1 aromatic carbocycles. The van der Waals surface area contributed by atoms with Crippen molar-refractivity contribution in [1.29, 1.82) is 0 Å². The molecule has 1 fully saturated rings. The van der Waals surface area contributed by atoms with Gasteiger partial charge < -0.3 is 15.1 Å². The van der Waals surface area contributed by atoms with E-state index in [1.54, 1.807) is 24.3 Å². The zero-order chi connectivity index (χ0) is 14.0. The maximum atomic E-state index is 11.7. The highest BCUT2D eigenvalue weighted by Crippen LogP contribution is 2.19. The SMILES string of the molecule is O=C(O)C(Cc1ccc(Cl)cc1)N1CC(O)CC1=O. The standard InChI is InChI=1S/C13H14ClNO4/c14-9-3-1-8(2-4-9)5-11(13(18)19)15-7-10(16)6-12(15)17/h1-4,10-11,16H,5-7H2,(H,18,19). The Bertz CT molecular complexity index is 488. The third kappa shape index (κ3) is 3.24. The number of carbonyl (C=O) groups is 2. The minimum Gasteiger partial charge on any atom is -0.480 e. The first-order chi connectivity index (χ1) is 8.97. The Hall–Kier alpha value is -1.59. The van der Waals surface area contributed by atoms with Crippen molar-refractivity contribution in [2.24, 2.45) is 0 Å². The van der Waals surface area contributed by atoms with Gasteiger partial charge in [0.15, 0.2) is 0 Å². The van der Waals surface area contributed by atoms with Crippen molar-refractivity contribution >= 4 is 23.5 Å². The van der Waals surface area contributed by atoms with Crippen molar-refractivity contribution < 1.29 is 19.8 Å². The topological polar surface area (TPSA) is 77.8 Å². The van der Waals surface area contributed by atoms with Crippen LogP contribution in [0.25, 0.3) is 0 Å². The molecule has 1 amide bonds. The molecule has 0 spiro atoms. The molecular formula is C13H14ClNO4. The van der Waals surface area contributed by atoms with E-state index >= 15 is 0 Å². The van der Waals surface area contributed by atoms with Gasteiger partial charge in [-0.1, -0.05) is 23.7 Å². The van der Waals surface area contributed by atoms with Gasteiger partial charge in [0.1, 0.15) is 6.04 Å². The second-order valence-corrected chi connectivity index (χ2v) is 5.03. The van der Waals surface area contributed by atoms with Crippen molar-refractivity contribution in [1.82, 2.24) is 4.90 Å². The van der Waals surface area contributed by atoms with E-state index in [0.29, 0.717) is 5.02 Å². The summed E-state index contributed by atoms with van der Waals surface area (Å²) in [7, 11) is 0. The zero-order valence-corrected chi connectivity index (χ0v) is 10.9. The van der Waals surface area contributed by atoms with E-state index in [1.807, 2.05) is 0 Å². The van der Waals surface area contributed by atoms with Crippen LogP contribution < -0.4 is 0 Å². The van der Waals surface area contributed by atoms with Crippen LogP contribution in [-0.4, -0.2) is 45.7 Å². The summed E-state index contributed by atoms with van der Waals surface area (Å²) in [5.74, 6) is -1.40. The fourth-order valence-corrected chi connectivity index (χ4v) is 2.31. The van der Waals surface area contributed by atoms with Gasteiger partial charge in [-0.3, -0.25) is 4.79 Å². The van der Waals surface area contributed by atoms with Crippen LogP contribution in [0.15, 0.2) is 24.3 Å². The molecule has 0 aliphatic carbocycles. The van der Waals surface area contributed by atoms with Crippen LogP contribution in [0.1, 0.15) is 12.0 Å². The molecule has 19 heavy (non-hydrogen) atoms. The van der Waals surface area contributed by atoms with E-state index in [1.165, 1.54) is 4.90 Å².